The Balaban J connectivity index is 2.27. The fraction of sp³-hybridized carbons (Fsp3) is 0.154. The van der Waals surface area contributed by atoms with Crippen LogP contribution in [0.3, 0.4) is 0 Å². The first-order valence-electron chi connectivity index (χ1n) is 5.64. The van der Waals surface area contributed by atoms with Gasteiger partial charge in [0.05, 0.1) is 10.2 Å². The molecule has 0 bridgehead atoms. The summed E-state index contributed by atoms with van der Waals surface area (Å²) in [4.78, 5) is 12.0. The second-order valence-electron chi connectivity index (χ2n) is 3.88. The molecule has 0 aliphatic rings. The summed E-state index contributed by atoms with van der Waals surface area (Å²) in [5.74, 6) is -1.81. The van der Waals surface area contributed by atoms with Gasteiger partial charge in [0.1, 0.15) is 17.3 Å². The van der Waals surface area contributed by atoms with Crippen LogP contribution in [0.4, 0.5) is 14.5 Å². The summed E-state index contributed by atoms with van der Waals surface area (Å²) < 4.78 is 28.6. The molecular formula is C13H11BrF2N2O. The minimum atomic E-state index is -0.698. The van der Waals surface area contributed by atoms with Crippen molar-refractivity contribution in [3.63, 3.8) is 0 Å². The van der Waals surface area contributed by atoms with E-state index >= 15 is 0 Å². The van der Waals surface area contributed by atoms with E-state index in [0.717, 1.165) is 12.1 Å². The average molecular weight is 329 g/mol. The van der Waals surface area contributed by atoms with Crippen LogP contribution >= 0.6 is 15.9 Å². The lowest BCUT2D eigenvalue weighted by Gasteiger charge is -2.09. The van der Waals surface area contributed by atoms with Gasteiger partial charge in [-0.05, 0) is 41.1 Å². The molecule has 0 aliphatic carbocycles. The largest absolute Gasteiger partial charge is 0.344 e. The zero-order chi connectivity index (χ0) is 14.0. The highest BCUT2D eigenvalue weighted by molar-refractivity contribution is 9.10. The van der Waals surface area contributed by atoms with Crippen molar-refractivity contribution in [2.45, 2.75) is 13.5 Å². The maximum absolute atomic E-state index is 13.6. The first-order chi connectivity index (χ1) is 9.02. The molecule has 100 valence electrons. The van der Waals surface area contributed by atoms with E-state index < -0.39 is 17.5 Å². The number of benzene rings is 1. The van der Waals surface area contributed by atoms with Gasteiger partial charge in [0.25, 0.3) is 5.91 Å². The monoisotopic (exact) mass is 328 g/mol. The van der Waals surface area contributed by atoms with Crippen LogP contribution < -0.4 is 5.32 Å². The minimum Gasteiger partial charge on any atom is -0.344 e. The summed E-state index contributed by atoms with van der Waals surface area (Å²) in [5, 5.41) is 2.36. The third kappa shape index (κ3) is 2.84. The average Bonchev–Trinajstić information content (AvgIpc) is 2.84. The van der Waals surface area contributed by atoms with Crippen molar-refractivity contribution in [2.75, 3.05) is 5.32 Å². The topological polar surface area (TPSA) is 34.0 Å². The second-order valence-corrected chi connectivity index (χ2v) is 4.73. The maximum atomic E-state index is 13.6. The Hall–Kier alpha value is -1.69. The Morgan fingerprint density at radius 1 is 1.37 bits per heavy atom. The molecule has 0 saturated heterocycles. The number of nitrogens with zero attached hydrogens (tertiary/aromatic N) is 1. The zero-order valence-corrected chi connectivity index (χ0v) is 11.7. The number of carbonyl (C=O) groups is 1. The Labute approximate surface area is 117 Å². The van der Waals surface area contributed by atoms with Gasteiger partial charge in [0.15, 0.2) is 0 Å². The van der Waals surface area contributed by atoms with Crippen molar-refractivity contribution >= 4 is 27.5 Å². The summed E-state index contributed by atoms with van der Waals surface area (Å²) >= 11 is 2.88. The van der Waals surface area contributed by atoms with Crippen molar-refractivity contribution < 1.29 is 13.6 Å². The molecule has 0 spiro atoms. The summed E-state index contributed by atoms with van der Waals surface area (Å²) in [6, 6.07) is 5.25. The standard InChI is InChI=1S/C13H11BrF2N2O/c1-2-18-5-3-4-12(18)13(19)17-11-7-9(15)8(14)6-10(11)16/h3-7H,2H2,1H3,(H,17,19). The van der Waals surface area contributed by atoms with E-state index in [9.17, 15) is 13.6 Å². The molecule has 0 atom stereocenters. The molecule has 2 rings (SSSR count). The van der Waals surface area contributed by atoms with Crippen LogP contribution in [-0.2, 0) is 6.54 Å². The van der Waals surface area contributed by atoms with Crippen LogP contribution in [-0.4, -0.2) is 10.5 Å². The predicted octanol–water partition coefficient (Wildman–Crippen LogP) is 3.80. The Morgan fingerprint density at radius 3 is 2.79 bits per heavy atom. The number of halogens is 3. The van der Waals surface area contributed by atoms with Gasteiger partial charge in [-0.2, -0.15) is 0 Å². The quantitative estimate of drug-likeness (QED) is 0.854. The maximum Gasteiger partial charge on any atom is 0.272 e. The zero-order valence-electron chi connectivity index (χ0n) is 10.1. The summed E-state index contributed by atoms with van der Waals surface area (Å²) in [6.45, 7) is 2.50. The van der Waals surface area contributed by atoms with Gasteiger partial charge in [-0.1, -0.05) is 0 Å². The van der Waals surface area contributed by atoms with Crippen molar-refractivity contribution in [3.05, 3.63) is 52.3 Å². The van der Waals surface area contributed by atoms with E-state index in [1.54, 1.807) is 22.9 Å². The fourth-order valence-corrected chi connectivity index (χ4v) is 2.02. The predicted molar refractivity (Wildman–Crippen MR) is 72.1 cm³/mol. The molecule has 0 aliphatic heterocycles. The van der Waals surface area contributed by atoms with E-state index in [1.807, 2.05) is 6.92 Å². The van der Waals surface area contributed by atoms with Crippen molar-refractivity contribution in [1.82, 2.24) is 4.57 Å². The SMILES string of the molecule is CCn1cccc1C(=O)Nc1cc(F)c(Br)cc1F. The van der Waals surface area contributed by atoms with Crippen LogP contribution in [0.5, 0.6) is 0 Å². The highest BCUT2D eigenvalue weighted by atomic mass is 79.9. The molecule has 6 heteroatoms. The lowest BCUT2D eigenvalue weighted by molar-refractivity contribution is 0.101. The van der Waals surface area contributed by atoms with Gasteiger partial charge in [-0.15, -0.1) is 0 Å². The number of rotatable bonds is 3. The summed E-state index contributed by atoms with van der Waals surface area (Å²) in [5.41, 5.74) is 0.208. The summed E-state index contributed by atoms with van der Waals surface area (Å²) in [6.07, 6.45) is 1.74. The van der Waals surface area contributed by atoms with Crippen molar-refractivity contribution in [3.8, 4) is 0 Å². The van der Waals surface area contributed by atoms with E-state index in [-0.39, 0.29) is 10.2 Å². The van der Waals surface area contributed by atoms with Gasteiger partial charge in [-0.25, -0.2) is 8.78 Å². The highest BCUT2D eigenvalue weighted by Crippen LogP contribution is 2.23. The van der Waals surface area contributed by atoms with Crippen LogP contribution in [0.15, 0.2) is 34.9 Å². The van der Waals surface area contributed by atoms with E-state index in [2.05, 4.69) is 21.2 Å². The van der Waals surface area contributed by atoms with Crippen molar-refractivity contribution in [2.24, 2.45) is 0 Å². The van der Waals surface area contributed by atoms with Gasteiger partial charge >= 0.3 is 0 Å². The fourth-order valence-electron chi connectivity index (χ4n) is 1.70. The third-order valence-electron chi connectivity index (χ3n) is 2.66. The Morgan fingerprint density at radius 2 is 2.11 bits per heavy atom. The first-order valence-corrected chi connectivity index (χ1v) is 6.43. The van der Waals surface area contributed by atoms with Crippen LogP contribution in [0.25, 0.3) is 0 Å². The normalized spacial score (nSPS) is 10.5. The Bertz CT molecular complexity index is 625. The van der Waals surface area contributed by atoms with Crippen LogP contribution in [0, 0.1) is 11.6 Å². The number of anilines is 1. The highest BCUT2D eigenvalue weighted by Gasteiger charge is 2.14. The molecule has 1 heterocycles. The number of aryl methyl sites for hydroxylation is 1. The van der Waals surface area contributed by atoms with Crippen LogP contribution in [0.2, 0.25) is 0 Å². The van der Waals surface area contributed by atoms with E-state index in [1.165, 1.54) is 0 Å². The Kier molecular flexibility index (Phi) is 3.99. The molecular weight excluding hydrogens is 318 g/mol. The molecule has 1 N–H and O–H groups in total. The molecule has 2 aromatic rings. The smallest absolute Gasteiger partial charge is 0.272 e. The molecule has 3 nitrogen and oxygen atoms in total. The molecule has 1 amide bonds. The van der Waals surface area contributed by atoms with Crippen molar-refractivity contribution in [1.29, 1.82) is 0 Å². The molecule has 0 unspecified atom stereocenters. The van der Waals surface area contributed by atoms with E-state index in [0.29, 0.717) is 12.2 Å². The number of amides is 1. The number of hydrogen-bond acceptors (Lipinski definition) is 1. The third-order valence-corrected chi connectivity index (χ3v) is 3.27. The number of hydrogen-bond donors (Lipinski definition) is 1. The molecule has 0 fully saturated rings. The van der Waals surface area contributed by atoms with Gasteiger partial charge in [-0.3, -0.25) is 4.79 Å². The molecule has 19 heavy (non-hydrogen) atoms. The molecule has 0 saturated carbocycles. The number of carbonyl (C=O) groups excluding carboxylic acids is 1. The summed E-state index contributed by atoms with van der Waals surface area (Å²) in [7, 11) is 0. The lowest BCUT2D eigenvalue weighted by Crippen LogP contribution is -2.17. The first kappa shape index (κ1) is 13.7. The second kappa shape index (κ2) is 5.52. The van der Waals surface area contributed by atoms with Gasteiger partial charge in [0, 0.05) is 18.8 Å². The van der Waals surface area contributed by atoms with E-state index in [4.69, 9.17) is 0 Å². The minimum absolute atomic E-state index is 0.0138. The van der Waals surface area contributed by atoms with Gasteiger partial charge < -0.3 is 9.88 Å². The molecule has 1 aromatic heterocycles. The number of aromatic nitrogens is 1. The molecule has 0 radical (unpaired) electrons. The van der Waals surface area contributed by atoms with Crippen LogP contribution in [0.1, 0.15) is 17.4 Å². The molecule has 1 aromatic carbocycles. The lowest BCUT2D eigenvalue weighted by atomic mass is 10.3. The number of nitrogens with one attached hydrogen (secondary N) is 1. The van der Waals surface area contributed by atoms with Gasteiger partial charge in [0.2, 0.25) is 0 Å².